The van der Waals surface area contributed by atoms with Gasteiger partial charge in [0.15, 0.2) is 0 Å². The van der Waals surface area contributed by atoms with Crippen LogP contribution in [0.2, 0.25) is 0 Å². The molecule has 0 aromatic heterocycles. The van der Waals surface area contributed by atoms with E-state index in [1.165, 1.54) is 61.0 Å². The van der Waals surface area contributed by atoms with Gasteiger partial charge < -0.3 is 5.32 Å². The lowest BCUT2D eigenvalue weighted by Crippen LogP contribution is -2.44. The Kier molecular flexibility index (Phi) is 4.13. The fourth-order valence-electron chi connectivity index (χ4n) is 4.21. The molecule has 2 atom stereocenters. The van der Waals surface area contributed by atoms with E-state index in [9.17, 15) is 0 Å². The first-order valence-corrected chi connectivity index (χ1v) is 8.19. The number of aryl methyl sites for hydroxylation is 3. The molecular weight excluding hydrogens is 244 g/mol. The molecule has 0 amide bonds. The molecule has 0 radical (unpaired) electrons. The minimum absolute atomic E-state index is 0.704. The molecule has 20 heavy (non-hydrogen) atoms. The Morgan fingerprint density at radius 3 is 2.55 bits per heavy atom. The van der Waals surface area contributed by atoms with E-state index in [1.54, 1.807) is 0 Å². The van der Waals surface area contributed by atoms with Gasteiger partial charge in [-0.1, -0.05) is 24.1 Å². The van der Waals surface area contributed by atoms with Crippen LogP contribution in [0.4, 0.5) is 0 Å². The van der Waals surface area contributed by atoms with Crippen LogP contribution in [-0.4, -0.2) is 30.1 Å². The van der Waals surface area contributed by atoms with E-state index in [1.807, 2.05) is 0 Å². The topological polar surface area (TPSA) is 15.3 Å². The van der Waals surface area contributed by atoms with Crippen LogP contribution in [0, 0.1) is 20.8 Å². The maximum Gasteiger partial charge on any atom is 0.0249 e. The van der Waals surface area contributed by atoms with E-state index in [-0.39, 0.29) is 0 Å². The van der Waals surface area contributed by atoms with Gasteiger partial charge in [0.05, 0.1) is 0 Å². The molecular formula is C18H28N2. The Bertz CT molecular complexity index is 457. The van der Waals surface area contributed by atoms with E-state index in [2.05, 4.69) is 43.1 Å². The molecule has 110 valence electrons. The maximum absolute atomic E-state index is 3.86. The fourth-order valence-corrected chi connectivity index (χ4v) is 4.21. The Morgan fingerprint density at radius 1 is 1.05 bits per heavy atom. The summed E-state index contributed by atoms with van der Waals surface area (Å²) in [5, 5.41) is 3.86. The van der Waals surface area contributed by atoms with Gasteiger partial charge in [0.25, 0.3) is 0 Å². The molecule has 1 N–H and O–H groups in total. The van der Waals surface area contributed by atoms with Gasteiger partial charge in [0, 0.05) is 25.2 Å². The largest absolute Gasteiger partial charge is 0.308 e. The monoisotopic (exact) mass is 272 g/mol. The summed E-state index contributed by atoms with van der Waals surface area (Å²) in [6.45, 7) is 10.3. The van der Waals surface area contributed by atoms with Crippen molar-refractivity contribution in [1.29, 1.82) is 0 Å². The molecule has 1 aromatic rings. The minimum atomic E-state index is 0.704. The molecule has 2 heterocycles. The maximum atomic E-state index is 3.86. The van der Waals surface area contributed by atoms with Crippen LogP contribution in [0.15, 0.2) is 12.1 Å². The molecule has 0 saturated carbocycles. The highest BCUT2D eigenvalue weighted by atomic mass is 15.2. The van der Waals surface area contributed by atoms with Crippen LogP contribution >= 0.6 is 0 Å². The SMILES string of the molecule is Cc1cc(C)c(CNC2CCN3CCCCC23)c(C)c1. The van der Waals surface area contributed by atoms with Gasteiger partial charge in [-0.2, -0.15) is 0 Å². The van der Waals surface area contributed by atoms with E-state index >= 15 is 0 Å². The summed E-state index contributed by atoms with van der Waals surface area (Å²) in [6, 6.07) is 6.13. The second kappa shape index (κ2) is 5.87. The van der Waals surface area contributed by atoms with Crippen molar-refractivity contribution < 1.29 is 0 Å². The van der Waals surface area contributed by atoms with Gasteiger partial charge in [0.2, 0.25) is 0 Å². The normalized spacial score (nSPS) is 26.8. The third-order valence-corrected chi connectivity index (χ3v) is 5.24. The lowest BCUT2D eigenvalue weighted by molar-refractivity contribution is 0.180. The van der Waals surface area contributed by atoms with Crippen molar-refractivity contribution in [1.82, 2.24) is 10.2 Å². The lowest BCUT2D eigenvalue weighted by atomic mass is 9.97. The zero-order valence-corrected chi connectivity index (χ0v) is 13.2. The number of nitrogens with zero attached hydrogens (tertiary/aromatic N) is 1. The first kappa shape index (κ1) is 14.1. The molecule has 3 rings (SSSR count). The Labute approximate surface area is 123 Å². The van der Waals surface area contributed by atoms with Crippen LogP contribution < -0.4 is 5.32 Å². The number of hydrogen-bond donors (Lipinski definition) is 1. The van der Waals surface area contributed by atoms with Gasteiger partial charge in [0.1, 0.15) is 0 Å². The Balaban J connectivity index is 1.65. The molecule has 2 aliphatic rings. The summed E-state index contributed by atoms with van der Waals surface area (Å²) in [5.41, 5.74) is 5.76. The third kappa shape index (κ3) is 2.77. The highest BCUT2D eigenvalue weighted by molar-refractivity contribution is 5.37. The van der Waals surface area contributed by atoms with Gasteiger partial charge in [-0.25, -0.2) is 0 Å². The van der Waals surface area contributed by atoms with Crippen molar-refractivity contribution in [3.05, 3.63) is 34.4 Å². The van der Waals surface area contributed by atoms with E-state index in [0.29, 0.717) is 6.04 Å². The third-order valence-electron chi connectivity index (χ3n) is 5.24. The summed E-state index contributed by atoms with van der Waals surface area (Å²) >= 11 is 0. The summed E-state index contributed by atoms with van der Waals surface area (Å²) in [5.74, 6) is 0. The summed E-state index contributed by atoms with van der Waals surface area (Å²) in [7, 11) is 0. The number of benzene rings is 1. The number of fused-ring (bicyclic) bond motifs is 1. The Morgan fingerprint density at radius 2 is 1.80 bits per heavy atom. The second-order valence-electron chi connectivity index (χ2n) is 6.75. The summed E-state index contributed by atoms with van der Waals surface area (Å²) < 4.78 is 0. The molecule has 2 unspecified atom stereocenters. The number of hydrogen-bond acceptors (Lipinski definition) is 2. The molecule has 0 aliphatic carbocycles. The molecule has 0 bridgehead atoms. The van der Waals surface area contributed by atoms with Gasteiger partial charge in [-0.3, -0.25) is 4.90 Å². The minimum Gasteiger partial charge on any atom is -0.308 e. The van der Waals surface area contributed by atoms with Crippen LogP contribution in [0.1, 0.15) is 47.9 Å². The van der Waals surface area contributed by atoms with Crippen molar-refractivity contribution in [3.63, 3.8) is 0 Å². The van der Waals surface area contributed by atoms with E-state index < -0.39 is 0 Å². The zero-order valence-electron chi connectivity index (χ0n) is 13.2. The molecule has 2 nitrogen and oxygen atoms in total. The quantitative estimate of drug-likeness (QED) is 0.908. The van der Waals surface area contributed by atoms with E-state index in [0.717, 1.165) is 12.6 Å². The molecule has 2 saturated heterocycles. The predicted molar refractivity (Wildman–Crippen MR) is 85.1 cm³/mol. The highest BCUT2D eigenvalue weighted by Gasteiger charge is 2.34. The van der Waals surface area contributed by atoms with Gasteiger partial charge in [-0.05, 0) is 63.3 Å². The smallest absolute Gasteiger partial charge is 0.0249 e. The second-order valence-corrected chi connectivity index (χ2v) is 6.75. The number of piperidine rings is 1. The van der Waals surface area contributed by atoms with Crippen LogP contribution in [0.25, 0.3) is 0 Å². The average Bonchev–Trinajstić information content (AvgIpc) is 2.81. The Hall–Kier alpha value is -0.860. The van der Waals surface area contributed by atoms with Crippen molar-refractivity contribution >= 4 is 0 Å². The number of nitrogens with one attached hydrogen (secondary N) is 1. The first-order chi connectivity index (χ1) is 9.65. The molecule has 2 fully saturated rings. The molecule has 2 heteroatoms. The predicted octanol–water partition coefficient (Wildman–Crippen LogP) is 3.33. The summed E-state index contributed by atoms with van der Waals surface area (Å²) in [4.78, 5) is 2.70. The van der Waals surface area contributed by atoms with Crippen molar-refractivity contribution in [2.45, 2.75) is 65.1 Å². The zero-order chi connectivity index (χ0) is 14.1. The van der Waals surface area contributed by atoms with Crippen molar-refractivity contribution in [2.24, 2.45) is 0 Å². The molecule has 0 spiro atoms. The van der Waals surface area contributed by atoms with Crippen molar-refractivity contribution in [2.75, 3.05) is 13.1 Å². The van der Waals surface area contributed by atoms with Crippen LogP contribution in [0.5, 0.6) is 0 Å². The van der Waals surface area contributed by atoms with Gasteiger partial charge in [-0.15, -0.1) is 0 Å². The van der Waals surface area contributed by atoms with Crippen LogP contribution in [-0.2, 0) is 6.54 Å². The van der Waals surface area contributed by atoms with E-state index in [4.69, 9.17) is 0 Å². The standard InChI is InChI=1S/C18H28N2/c1-13-10-14(2)16(15(3)11-13)12-19-17-7-9-20-8-5-4-6-18(17)20/h10-11,17-19H,4-9,12H2,1-3H3. The first-order valence-electron chi connectivity index (χ1n) is 8.19. The molecule has 2 aliphatic heterocycles. The van der Waals surface area contributed by atoms with Crippen LogP contribution in [0.3, 0.4) is 0 Å². The lowest BCUT2D eigenvalue weighted by Gasteiger charge is -2.32. The summed E-state index contributed by atoms with van der Waals surface area (Å²) in [6.07, 6.45) is 5.54. The van der Waals surface area contributed by atoms with Gasteiger partial charge >= 0.3 is 0 Å². The average molecular weight is 272 g/mol. The molecule has 1 aromatic carbocycles. The number of rotatable bonds is 3. The highest BCUT2D eigenvalue weighted by Crippen LogP contribution is 2.27. The fraction of sp³-hybridized carbons (Fsp3) is 0.667. The van der Waals surface area contributed by atoms with Crippen molar-refractivity contribution in [3.8, 4) is 0 Å².